The van der Waals surface area contributed by atoms with Crippen LogP contribution in [-0.2, 0) is 16.4 Å². The first-order valence-corrected chi connectivity index (χ1v) is 6.20. The van der Waals surface area contributed by atoms with Crippen LogP contribution in [-0.4, -0.2) is 6.16 Å². The Labute approximate surface area is 68.7 Å². The molecule has 0 rings (SSSR count). The van der Waals surface area contributed by atoms with E-state index in [1.165, 1.54) is 12.8 Å². The molecule has 0 aromatic heterocycles. The highest BCUT2D eigenvalue weighted by Gasteiger charge is 1.93. The summed E-state index contributed by atoms with van der Waals surface area (Å²) in [4.78, 5) is 0. The van der Waals surface area contributed by atoms with Crippen molar-refractivity contribution in [3.63, 3.8) is 0 Å². The molecule has 1 nitrogen and oxygen atoms in total. The lowest BCUT2D eigenvalue weighted by atomic mass is 10.1. The Morgan fingerprint density at radius 3 is 2.40 bits per heavy atom. The second kappa shape index (κ2) is 6.06. The van der Waals surface area contributed by atoms with Crippen LogP contribution < -0.4 is 0 Å². The van der Waals surface area contributed by atoms with Gasteiger partial charge in [0.05, 0.1) is 0 Å². The van der Waals surface area contributed by atoms with Gasteiger partial charge in [-0.15, -0.1) is 0 Å². The lowest BCUT2D eigenvalue weighted by molar-refractivity contribution is 0.547. The molecular weight excluding hydrogens is 163 g/mol. The Bertz CT molecular complexity index is 133. The van der Waals surface area contributed by atoms with E-state index in [4.69, 9.17) is 0 Å². The van der Waals surface area contributed by atoms with E-state index < -0.39 is 6.58 Å². The highest BCUT2D eigenvalue weighted by molar-refractivity contribution is 7.99. The Hall–Kier alpha value is 0.320. The van der Waals surface area contributed by atoms with Crippen molar-refractivity contribution in [3.05, 3.63) is 0 Å². The molecule has 0 saturated heterocycles. The topological polar surface area (TPSA) is 17.1 Å². The van der Waals surface area contributed by atoms with Gasteiger partial charge in [0, 0.05) is 6.16 Å². The van der Waals surface area contributed by atoms with Crippen LogP contribution >= 0.6 is 6.58 Å². The van der Waals surface area contributed by atoms with E-state index in [1.807, 2.05) is 0 Å². The summed E-state index contributed by atoms with van der Waals surface area (Å²) in [6, 6.07) is 0. The molecule has 0 aliphatic heterocycles. The molecule has 0 N–H and O–H groups in total. The van der Waals surface area contributed by atoms with E-state index in [9.17, 15) is 4.57 Å². The van der Waals surface area contributed by atoms with Gasteiger partial charge < -0.3 is 0 Å². The monoisotopic (exact) mass is 178 g/mol. The maximum atomic E-state index is 10.5. The molecule has 0 bridgehead atoms. The second-order valence-electron chi connectivity index (χ2n) is 2.95. The van der Waals surface area contributed by atoms with Crippen LogP contribution in [0.25, 0.3) is 0 Å². The van der Waals surface area contributed by atoms with Crippen molar-refractivity contribution in [2.75, 3.05) is 6.16 Å². The van der Waals surface area contributed by atoms with Gasteiger partial charge in [0.15, 0.2) is 6.58 Å². The van der Waals surface area contributed by atoms with E-state index in [2.05, 4.69) is 25.7 Å². The predicted octanol–water partition coefficient (Wildman–Crippen LogP) is 3.10. The van der Waals surface area contributed by atoms with Crippen molar-refractivity contribution in [2.45, 2.75) is 33.1 Å². The maximum absolute atomic E-state index is 10.5. The average molecular weight is 178 g/mol. The largest absolute Gasteiger partial charge is 0.270 e. The van der Waals surface area contributed by atoms with Gasteiger partial charge in [-0.3, -0.25) is 4.57 Å². The van der Waals surface area contributed by atoms with Crippen molar-refractivity contribution >= 4 is 18.4 Å². The molecule has 0 amide bonds. The Balaban J connectivity index is 3.06. The minimum Gasteiger partial charge on any atom is -0.270 e. The molecule has 0 heterocycles. The molecule has 0 radical (unpaired) electrons. The van der Waals surface area contributed by atoms with Crippen LogP contribution in [0.15, 0.2) is 0 Å². The summed E-state index contributed by atoms with van der Waals surface area (Å²) in [5, 5.41) is 0. The van der Waals surface area contributed by atoms with E-state index >= 15 is 0 Å². The molecule has 60 valence electrons. The molecule has 0 spiro atoms. The van der Waals surface area contributed by atoms with Gasteiger partial charge in [0.25, 0.3) is 0 Å². The Morgan fingerprint density at radius 1 is 1.40 bits per heavy atom. The average Bonchev–Trinajstić information content (AvgIpc) is 1.79. The van der Waals surface area contributed by atoms with E-state index in [-0.39, 0.29) is 0 Å². The summed E-state index contributed by atoms with van der Waals surface area (Å²) in [6.45, 7) is 3.11. The summed E-state index contributed by atoms with van der Waals surface area (Å²) in [7, 11) is 0. The fourth-order valence-electron chi connectivity index (χ4n) is 0.793. The third-order valence-electron chi connectivity index (χ3n) is 1.37. The van der Waals surface area contributed by atoms with Gasteiger partial charge in [0.1, 0.15) is 0 Å². The fourth-order valence-corrected chi connectivity index (χ4v) is 1.66. The van der Waals surface area contributed by atoms with Crippen molar-refractivity contribution in [2.24, 2.45) is 5.92 Å². The van der Waals surface area contributed by atoms with Gasteiger partial charge in [0.2, 0.25) is 0 Å². The maximum Gasteiger partial charge on any atom is 0.164 e. The first kappa shape index (κ1) is 10.3. The van der Waals surface area contributed by atoms with E-state index in [0.29, 0.717) is 0 Å². The molecule has 10 heavy (non-hydrogen) atoms. The highest BCUT2D eigenvalue weighted by atomic mass is 32.4. The standard InChI is InChI=1S/C7H15OPS/c1-7(2)5-3-4-6-9(8)10/h7H,3-6H2,1-2H3. The van der Waals surface area contributed by atoms with Crippen molar-refractivity contribution in [1.29, 1.82) is 0 Å². The molecule has 1 unspecified atom stereocenters. The number of rotatable bonds is 5. The van der Waals surface area contributed by atoms with Crippen LogP contribution in [0.1, 0.15) is 33.1 Å². The van der Waals surface area contributed by atoms with Crippen LogP contribution in [0, 0.1) is 5.92 Å². The zero-order valence-electron chi connectivity index (χ0n) is 6.67. The zero-order chi connectivity index (χ0) is 7.98. The van der Waals surface area contributed by atoms with Crippen LogP contribution in [0.5, 0.6) is 0 Å². The van der Waals surface area contributed by atoms with E-state index in [1.54, 1.807) is 0 Å². The van der Waals surface area contributed by atoms with Crippen molar-refractivity contribution < 1.29 is 4.57 Å². The van der Waals surface area contributed by atoms with E-state index in [0.717, 1.165) is 18.5 Å². The second-order valence-corrected chi connectivity index (χ2v) is 5.28. The summed E-state index contributed by atoms with van der Waals surface area (Å²) in [5.41, 5.74) is 0. The molecule has 0 saturated carbocycles. The summed E-state index contributed by atoms with van der Waals surface area (Å²) in [6.07, 6.45) is 4.18. The molecule has 0 aliphatic carbocycles. The Morgan fingerprint density at radius 2 is 2.00 bits per heavy atom. The quantitative estimate of drug-likeness (QED) is 0.475. The summed E-state index contributed by atoms with van der Waals surface area (Å²) in [5.74, 6) is 0.767. The van der Waals surface area contributed by atoms with Crippen LogP contribution in [0.3, 0.4) is 0 Å². The lowest BCUT2D eigenvalue weighted by Crippen LogP contribution is -1.86. The normalized spacial score (nSPS) is 12.1. The number of unbranched alkanes of at least 4 members (excludes halogenated alkanes) is 1. The fraction of sp³-hybridized carbons (Fsp3) is 1.00. The van der Waals surface area contributed by atoms with Crippen LogP contribution in [0.4, 0.5) is 0 Å². The van der Waals surface area contributed by atoms with Gasteiger partial charge in [-0.2, -0.15) is 0 Å². The highest BCUT2D eigenvalue weighted by Crippen LogP contribution is 2.11. The van der Waals surface area contributed by atoms with Crippen molar-refractivity contribution in [3.8, 4) is 0 Å². The molecule has 1 atom stereocenters. The lowest BCUT2D eigenvalue weighted by Gasteiger charge is -2.00. The summed E-state index contributed by atoms with van der Waals surface area (Å²) < 4.78 is 10.5. The van der Waals surface area contributed by atoms with Gasteiger partial charge in [-0.05, 0) is 24.1 Å². The molecule has 3 heteroatoms. The number of hydrogen-bond acceptors (Lipinski definition) is 2. The number of hydrogen-bond donors (Lipinski definition) is 0. The third-order valence-corrected chi connectivity index (χ3v) is 2.60. The summed E-state index contributed by atoms with van der Waals surface area (Å²) >= 11 is 4.57. The molecule has 0 aromatic carbocycles. The van der Waals surface area contributed by atoms with Crippen molar-refractivity contribution in [1.82, 2.24) is 0 Å². The first-order valence-electron chi connectivity index (χ1n) is 3.74. The first-order chi connectivity index (χ1) is 4.63. The minimum atomic E-state index is -1.30. The zero-order valence-corrected chi connectivity index (χ0v) is 8.38. The molecular formula is C7H15OPS. The SMILES string of the molecule is CC(C)CCCCP(=O)=S. The Kier molecular flexibility index (Phi) is 6.25. The van der Waals surface area contributed by atoms with Gasteiger partial charge in [-0.25, -0.2) is 0 Å². The predicted molar refractivity (Wildman–Crippen MR) is 48.5 cm³/mol. The van der Waals surface area contributed by atoms with Crippen LogP contribution in [0.2, 0.25) is 0 Å². The molecule has 0 aliphatic rings. The smallest absolute Gasteiger partial charge is 0.164 e. The minimum absolute atomic E-state index is 0.734. The molecule has 0 fully saturated rings. The van der Waals surface area contributed by atoms with Gasteiger partial charge >= 0.3 is 0 Å². The third kappa shape index (κ3) is 8.32. The molecule has 0 aromatic rings. The van der Waals surface area contributed by atoms with Gasteiger partial charge in [-0.1, -0.05) is 26.7 Å².